The van der Waals surface area contributed by atoms with Crippen molar-refractivity contribution < 1.29 is 14.3 Å². The molecule has 2 aliphatic rings. The molecule has 2 fully saturated rings. The van der Waals surface area contributed by atoms with Crippen LogP contribution in [0.15, 0.2) is 16.8 Å². The Kier molecular flexibility index (Phi) is 6.87. The van der Waals surface area contributed by atoms with E-state index in [0.29, 0.717) is 32.5 Å². The molecule has 0 N–H and O–H groups in total. The van der Waals surface area contributed by atoms with Crippen molar-refractivity contribution in [2.45, 2.75) is 57.6 Å². The highest BCUT2D eigenvalue weighted by Gasteiger charge is 2.24. The number of amides is 2. The van der Waals surface area contributed by atoms with Gasteiger partial charge in [0.25, 0.3) is 0 Å². The number of hydrogen-bond acceptors (Lipinski definition) is 4. The van der Waals surface area contributed by atoms with E-state index in [0.717, 1.165) is 45.3 Å². The standard InChI is InChI=1S/C19H28N2O3S/c22-18-6-2-1-3-9-20(18)10-7-19(23)21(13-16-8-12-25-15-16)14-17-5-4-11-24-17/h8,12,15,17H,1-7,9-11,13-14H2. The lowest BCUT2D eigenvalue weighted by Gasteiger charge is -2.27. The second kappa shape index (κ2) is 9.34. The van der Waals surface area contributed by atoms with Gasteiger partial charge in [-0.1, -0.05) is 6.42 Å². The summed E-state index contributed by atoms with van der Waals surface area (Å²) in [5.74, 6) is 0.326. The number of thiophene rings is 1. The summed E-state index contributed by atoms with van der Waals surface area (Å²) in [7, 11) is 0. The van der Waals surface area contributed by atoms with Crippen LogP contribution in [0, 0.1) is 0 Å². The second-order valence-electron chi connectivity index (χ2n) is 6.98. The van der Waals surface area contributed by atoms with Gasteiger partial charge >= 0.3 is 0 Å². The molecule has 2 amide bonds. The fourth-order valence-electron chi connectivity index (χ4n) is 3.56. The number of hydrogen-bond donors (Lipinski definition) is 0. The summed E-state index contributed by atoms with van der Waals surface area (Å²) in [6, 6.07) is 2.07. The highest BCUT2D eigenvalue weighted by atomic mass is 32.1. The lowest BCUT2D eigenvalue weighted by atomic mass is 10.2. The molecule has 138 valence electrons. The highest BCUT2D eigenvalue weighted by molar-refractivity contribution is 7.07. The maximum absolute atomic E-state index is 12.8. The Labute approximate surface area is 153 Å². The van der Waals surface area contributed by atoms with Gasteiger partial charge in [-0.25, -0.2) is 0 Å². The van der Waals surface area contributed by atoms with Crippen molar-refractivity contribution in [3.05, 3.63) is 22.4 Å². The number of likely N-dealkylation sites (tertiary alicyclic amines) is 1. The number of rotatable bonds is 7. The largest absolute Gasteiger partial charge is 0.376 e. The van der Waals surface area contributed by atoms with Gasteiger partial charge < -0.3 is 14.5 Å². The first kappa shape index (κ1) is 18.4. The van der Waals surface area contributed by atoms with Crippen LogP contribution in [0.3, 0.4) is 0 Å². The maximum Gasteiger partial charge on any atom is 0.224 e. The molecule has 1 atom stereocenters. The number of nitrogens with zero attached hydrogens (tertiary/aromatic N) is 2. The highest BCUT2D eigenvalue weighted by Crippen LogP contribution is 2.18. The molecular formula is C19H28N2O3S. The van der Waals surface area contributed by atoms with Crippen LogP contribution < -0.4 is 0 Å². The molecule has 0 saturated carbocycles. The Hall–Kier alpha value is -1.40. The smallest absolute Gasteiger partial charge is 0.224 e. The zero-order valence-corrected chi connectivity index (χ0v) is 15.6. The average Bonchev–Trinajstić information content (AvgIpc) is 3.26. The minimum Gasteiger partial charge on any atom is -0.376 e. The molecule has 5 nitrogen and oxygen atoms in total. The Bertz CT molecular complexity index is 555. The SMILES string of the molecule is O=C1CCCCCN1CCC(=O)N(Cc1ccsc1)CC1CCCO1. The zero-order valence-electron chi connectivity index (χ0n) is 14.8. The fraction of sp³-hybridized carbons (Fsp3) is 0.684. The molecule has 6 heteroatoms. The molecule has 1 aromatic rings. The van der Waals surface area contributed by atoms with Crippen molar-refractivity contribution in [2.24, 2.45) is 0 Å². The molecule has 1 aromatic heterocycles. The molecule has 0 spiro atoms. The lowest BCUT2D eigenvalue weighted by Crippen LogP contribution is -2.39. The molecule has 1 unspecified atom stereocenters. The number of ether oxygens (including phenoxy) is 1. The Morgan fingerprint density at radius 2 is 2.24 bits per heavy atom. The quantitative estimate of drug-likeness (QED) is 0.747. The fourth-order valence-corrected chi connectivity index (χ4v) is 4.22. The summed E-state index contributed by atoms with van der Waals surface area (Å²) in [5.41, 5.74) is 1.17. The first-order chi connectivity index (χ1) is 12.2. The third-order valence-corrected chi connectivity index (χ3v) is 5.75. The van der Waals surface area contributed by atoms with Gasteiger partial charge in [0.1, 0.15) is 0 Å². The van der Waals surface area contributed by atoms with Crippen LogP contribution in [0.1, 0.15) is 50.5 Å². The lowest BCUT2D eigenvalue weighted by molar-refractivity contribution is -0.135. The van der Waals surface area contributed by atoms with Crippen LogP contribution in [-0.4, -0.2) is 54.0 Å². The van der Waals surface area contributed by atoms with E-state index in [1.165, 1.54) is 5.56 Å². The van der Waals surface area contributed by atoms with Crippen molar-refractivity contribution in [3.63, 3.8) is 0 Å². The van der Waals surface area contributed by atoms with Gasteiger partial charge in [-0.05, 0) is 48.1 Å². The molecule has 2 saturated heterocycles. The van der Waals surface area contributed by atoms with Crippen LogP contribution in [-0.2, 0) is 20.9 Å². The minimum absolute atomic E-state index is 0.124. The van der Waals surface area contributed by atoms with Crippen LogP contribution in [0.5, 0.6) is 0 Å². The zero-order chi connectivity index (χ0) is 17.5. The minimum atomic E-state index is 0.124. The molecule has 25 heavy (non-hydrogen) atoms. The third-order valence-electron chi connectivity index (χ3n) is 5.02. The Morgan fingerprint density at radius 3 is 3.00 bits per heavy atom. The summed E-state index contributed by atoms with van der Waals surface area (Å²) in [5, 5.41) is 4.13. The van der Waals surface area contributed by atoms with Crippen LogP contribution in [0.2, 0.25) is 0 Å². The summed E-state index contributed by atoms with van der Waals surface area (Å²) < 4.78 is 5.73. The van der Waals surface area contributed by atoms with E-state index in [1.54, 1.807) is 11.3 Å². The van der Waals surface area contributed by atoms with Gasteiger partial charge in [0.2, 0.25) is 11.8 Å². The molecule has 3 rings (SSSR count). The molecule has 0 radical (unpaired) electrons. The predicted molar refractivity (Wildman–Crippen MR) is 98.4 cm³/mol. The van der Waals surface area contributed by atoms with E-state index in [4.69, 9.17) is 4.74 Å². The van der Waals surface area contributed by atoms with Gasteiger partial charge in [0.15, 0.2) is 0 Å². The van der Waals surface area contributed by atoms with Crippen molar-refractivity contribution >= 4 is 23.2 Å². The van der Waals surface area contributed by atoms with Crippen molar-refractivity contribution in [2.75, 3.05) is 26.2 Å². The normalized spacial score (nSPS) is 21.4. The van der Waals surface area contributed by atoms with Crippen LogP contribution in [0.25, 0.3) is 0 Å². The summed E-state index contributed by atoms with van der Waals surface area (Å²) in [6.07, 6.45) is 6.43. The van der Waals surface area contributed by atoms with E-state index in [2.05, 4.69) is 11.4 Å². The van der Waals surface area contributed by atoms with E-state index in [9.17, 15) is 9.59 Å². The van der Waals surface area contributed by atoms with Gasteiger partial charge in [-0.2, -0.15) is 11.3 Å². The predicted octanol–water partition coefficient (Wildman–Crippen LogP) is 3.05. The average molecular weight is 365 g/mol. The number of carbonyl (C=O) groups excluding carboxylic acids is 2. The first-order valence-corrected chi connectivity index (χ1v) is 10.3. The van der Waals surface area contributed by atoms with Crippen LogP contribution >= 0.6 is 11.3 Å². The molecule has 3 heterocycles. The molecule has 0 aliphatic carbocycles. The van der Waals surface area contributed by atoms with Crippen molar-refractivity contribution in [1.29, 1.82) is 0 Å². The van der Waals surface area contributed by atoms with Crippen molar-refractivity contribution in [3.8, 4) is 0 Å². The Morgan fingerprint density at radius 1 is 1.32 bits per heavy atom. The molecule has 2 aliphatic heterocycles. The third kappa shape index (κ3) is 5.54. The summed E-state index contributed by atoms with van der Waals surface area (Å²) in [4.78, 5) is 28.7. The van der Waals surface area contributed by atoms with Crippen LogP contribution in [0.4, 0.5) is 0 Å². The molecular weight excluding hydrogens is 336 g/mol. The van der Waals surface area contributed by atoms with Gasteiger partial charge in [0.05, 0.1) is 6.10 Å². The van der Waals surface area contributed by atoms with Crippen molar-refractivity contribution in [1.82, 2.24) is 9.80 Å². The second-order valence-corrected chi connectivity index (χ2v) is 7.76. The van der Waals surface area contributed by atoms with Gasteiger partial charge in [-0.3, -0.25) is 9.59 Å². The van der Waals surface area contributed by atoms with E-state index in [1.807, 2.05) is 15.2 Å². The summed E-state index contributed by atoms with van der Waals surface area (Å²) in [6.45, 7) is 3.43. The Balaban J connectivity index is 1.56. The maximum atomic E-state index is 12.8. The monoisotopic (exact) mass is 364 g/mol. The van der Waals surface area contributed by atoms with Gasteiger partial charge in [0, 0.05) is 45.6 Å². The van der Waals surface area contributed by atoms with E-state index >= 15 is 0 Å². The number of carbonyl (C=O) groups is 2. The van der Waals surface area contributed by atoms with E-state index < -0.39 is 0 Å². The summed E-state index contributed by atoms with van der Waals surface area (Å²) >= 11 is 1.65. The molecule has 0 bridgehead atoms. The van der Waals surface area contributed by atoms with E-state index in [-0.39, 0.29) is 17.9 Å². The first-order valence-electron chi connectivity index (χ1n) is 9.40. The van der Waals surface area contributed by atoms with Gasteiger partial charge in [-0.15, -0.1) is 0 Å². The molecule has 0 aromatic carbocycles. The topological polar surface area (TPSA) is 49.9 Å².